The molecule has 25 heavy (non-hydrogen) atoms. The summed E-state index contributed by atoms with van der Waals surface area (Å²) in [5.74, 6) is 0.790. The molecule has 0 spiro atoms. The number of pyridine rings is 1. The average molecular weight is 335 g/mol. The minimum Gasteiger partial charge on any atom is -0.351 e. The van der Waals surface area contributed by atoms with Crippen molar-refractivity contribution in [1.82, 2.24) is 15.2 Å². The van der Waals surface area contributed by atoms with Crippen molar-refractivity contribution in [2.45, 2.75) is 37.8 Å². The lowest BCUT2D eigenvalue weighted by molar-refractivity contribution is -0.142. The van der Waals surface area contributed by atoms with Crippen LogP contribution in [0.3, 0.4) is 0 Å². The number of carbonyl (C=O) groups is 1. The van der Waals surface area contributed by atoms with Gasteiger partial charge in [-0.1, -0.05) is 49.2 Å². The SMILES string of the molecule is O=C(CN1C[C@H]2CCCC[C@]21c1ccccc1)NCc1cccnc1. The van der Waals surface area contributed by atoms with E-state index in [0.29, 0.717) is 19.0 Å². The van der Waals surface area contributed by atoms with Gasteiger partial charge in [-0.3, -0.25) is 14.7 Å². The molecule has 4 nitrogen and oxygen atoms in total. The zero-order valence-corrected chi connectivity index (χ0v) is 14.5. The number of aromatic nitrogens is 1. The fourth-order valence-electron chi connectivity index (χ4n) is 4.63. The van der Waals surface area contributed by atoms with E-state index in [1.165, 1.54) is 24.8 Å². The van der Waals surface area contributed by atoms with Gasteiger partial charge in [0.25, 0.3) is 0 Å². The second-order valence-corrected chi connectivity index (χ2v) is 7.25. The van der Waals surface area contributed by atoms with Crippen molar-refractivity contribution < 1.29 is 4.79 Å². The summed E-state index contributed by atoms with van der Waals surface area (Å²) >= 11 is 0. The largest absolute Gasteiger partial charge is 0.351 e. The lowest BCUT2D eigenvalue weighted by Crippen LogP contribution is -2.67. The van der Waals surface area contributed by atoms with E-state index in [1.54, 1.807) is 12.4 Å². The molecule has 1 aliphatic carbocycles. The summed E-state index contributed by atoms with van der Waals surface area (Å²) in [4.78, 5) is 19.0. The fourth-order valence-corrected chi connectivity index (χ4v) is 4.63. The number of nitrogens with one attached hydrogen (secondary N) is 1. The van der Waals surface area contributed by atoms with E-state index in [2.05, 4.69) is 45.5 Å². The van der Waals surface area contributed by atoms with Crippen LogP contribution in [-0.2, 0) is 16.9 Å². The summed E-state index contributed by atoms with van der Waals surface area (Å²) < 4.78 is 0. The molecule has 1 aromatic carbocycles. The Morgan fingerprint density at radius 2 is 2.08 bits per heavy atom. The Balaban J connectivity index is 1.44. The highest BCUT2D eigenvalue weighted by Crippen LogP contribution is 2.53. The lowest BCUT2D eigenvalue weighted by Gasteiger charge is -2.61. The number of fused-ring (bicyclic) bond motifs is 1. The van der Waals surface area contributed by atoms with Gasteiger partial charge in [0.05, 0.1) is 12.1 Å². The molecule has 2 aliphatic rings. The van der Waals surface area contributed by atoms with Gasteiger partial charge < -0.3 is 5.32 Å². The van der Waals surface area contributed by atoms with Gasteiger partial charge in [-0.15, -0.1) is 0 Å². The van der Waals surface area contributed by atoms with Gasteiger partial charge in [-0.05, 0) is 36.0 Å². The number of amides is 1. The maximum atomic E-state index is 12.5. The Kier molecular flexibility index (Phi) is 4.53. The molecule has 0 unspecified atom stereocenters. The molecule has 4 rings (SSSR count). The van der Waals surface area contributed by atoms with Gasteiger partial charge in [-0.25, -0.2) is 0 Å². The highest BCUT2D eigenvalue weighted by Gasteiger charge is 2.55. The van der Waals surface area contributed by atoms with Crippen molar-refractivity contribution >= 4 is 5.91 Å². The zero-order valence-electron chi connectivity index (χ0n) is 14.5. The maximum absolute atomic E-state index is 12.5. The Hall–Kier alpha value is -2.20. The maximum Gasteiger partial charge on any atom is 0.234 e. The number of rotatable bonds is 5. The third-order valence-electron chi connectivity index (χ3n) is 5.86. The Labute approximate surface area is 149 Å². The van der Waals surface area contributed by atoms with Crippen LogP contribution in [0.5, 0.6) is 0 Å². The van der Waals surface area contributed by atoms with Crippen LogP contribution in [0.25, 0.3) is 0 Å². The zero-order chi connectivity index (χ0) is 17.1. The van der Waals surface area contributed by atoms with Crippen molar-refractivity contribution in [3.05, 3.63) is 66.0 Å². The molecule has 2 atom stereocenters. The predicted octanol–water partition coefficient (Wildman–Crippen LogP) is 3.10. The molecule has 130 valence electrons. The van der Waals surface area contributed by atoms with Crippen LogP contribution < -0.4 is 5.32 Å². The molecule has 1 saturated carbocycles. The number of hydrogen-bond donors (Lipinski definition) is 1. The number of benzene rings is 1. The van der Waals surface area contributed by atoms with Crippen molar-refractivity contribution in [2.75, 3.05) is 13.1 Å². The van der Waals surface area contributed by atoms with Crippen LogP contribution in [-0.4, -0.2) is 28.9 Å². The highest BCUT2D eigenvalue weighted by molar-refractivity contribution is 5.78. The van der Waals surface area contributed by atoms with Crippen LogP contribution in [0.15, 0.2) is 54.9 Å². The monoisotopic (exact) mass is 335 g/mol. The van der Waals surface area contributed by atoms with Crippen molar-refractivity contribution in [1.29, 1.82) is 0 Å². The van der Waals surface area contributed by atoms with Gasteiger partial charge in [0, 0.05) is 25.5 Å². The first-order chi connectivity index (χ1) is 12.3. The first kappa shape index (κ1) is 16.3. The quantitative estimate of drug-likeness (QED) is 0.913. The summed E-state index contributed by atoms with van der Waals surface area (Å²) in [7, 11) is 0. The summed E-state index contributed by atoms with van der Waals surface area (Å²) in [6.45, 7) is 2.06. The lowest BCUT2D eigenvalue weighted by atomic mass is 9.62. The highest BCUT2D eigenvalue weighted by atomic mass is 16.2. The average Bonchev–Trinajstić information content (AvgIpc) is 2.66. The number of likely N-dealkylation sites (tertiary alicyclic amines) is 1. The standard InChI is InChI=1S/C21H25N3O/c25-20(23-14-17-7-6-12-22-13-17)16-24-15-19-10-4-5-11-21(19,24)18-8-2-1-3-9-18/h1-3,6-9,12-13,19H,4-5,10-11,14-16H2,(H,23,25)/t19-,21+/m1/s1. The summed E-state index contributed by atoms with van der Waals surface area (Å²) in [5.41, 5.74) is 2.49. The number of nitrogens with zero attached hydrogens (tertiary/aromatic N) is 2. The molecule has 2 fully saturated rings. The second-order valence-electron chi connectivity index (χ2n) is 7.25. The molecule has 1 N–H and O–H groups in total. The Bertz CT molecular complexity index is 718. The second kappa shape index (κ2) is 6.96. The Morgan fingerprint density at radius 3 is 2.84 bits per heavy atom. The van der Waals surface area contributed by atoms with E-state index >= 15 is 0 Å². The fraction of sp³-hybridized carbons (Fsp3) is 0.429. The van der Waals surface area contributed by atoms with Crippen molar-refractivity contribution in [3.63, 3.8) is 0 Å². The van der Waals surface area contributed by atoms with Gasteiger partial charge in [0.1, 0.15) is 0 Å². The van der Waals surface area contributed by atoms with Crippen molar-refractivity contribution in [2.24, 2.45) is 5.92 Å². The van der Waals surface area contributed by atoms with E-state index < -0.39 is 0 Å². The molecular weight excluding hydrogens is 310 g/mol. The van der Waals surface area contributed by atoms with Gasteiger partial charge in [0.2, 0.25) is 5.91 Å². The van der Waals surface area contributed by atoms with Crippen LogP contribution >= 0.6 is 0 Å². The normalized spacial score (nSPS) is 25.7. The minimum absolute atomic E-state index is 0.0746. The van der Waals surface area contributed by atoms with Gasteiger partial charge >= 0.3 is 0 Å². The third-order valence-corrected chi connectivity index (χ3v) is 5.86. The molecular formula is C21H25N3O. The molecule has 1 aliphatic heterocycles. The molecule has 0 radical (unpaired) electrons. The Morgan fingerprint density at radius 1 is 1.20 bits per heavy atom. The summed E-state index contributed by atoms with van der Waals surface area (Å²) in [6.07, 6.45) is 8.56. The van der Waals surface area contributed by atoms with E-state index in [9.17, 15) is 4.79 Å². The summed E-state index contributed by atoms with van der Waals surface area (Å²) in [5, 5.41) is 3.04. The smallest absolute Gasteiger partial charge is 0.234 e. The van der Waals surface area contributed by atoms with E-state index in [1.807, 2.05) is 12.1 Å². The first-order valence-electron chi connectivity index (χ1n) is 9.25. The van der Waals surface area contributed by atoms with E-state index in [-0.39, 0.29) is 11.4 Å². The molecule has 1 saturated heterocycles. The minimum atomic E-state index is 0.0746. The van der Waals surface area contributed by atoms with E-state index in [4.69, 9.17) is 0 Å². The van der Waals surface area contributed by atoms with Gasteiger partial charge in [0.15, 0.2) is 0 Å². The number of hydrogen-bond acceptors (Lipinski definition) is 3. The molecule has 0 bridgehead atoms. The van der Waals surface area contributed by atoms with Crippen LogP contribution in [0.4, 0.5) is 0 Å². The van der Waals surface area contributed by atoms with E-state index in [0.717, 1.165) is 18.5 Å². The third kappa shape index (κ3) is 3.07. The molecule has 2 aromatic rings. The first-order valence-corrected chi connectivity index (χ1v) is 9.25. The van der Waals surface area contributed by atoms with Gasteiger partial charge in [-0.2, -0.15) is 0 Å². The van der Waals surface area contributed by atoms with Crippen LogP contribution in [0.2, 0.25) is 0 Å². The van der Waals surface area contributed by atoms with Crippen LogP contribution in [0.1, 0.15) is 36.8 Å². The predicted molar refractivity (Wildman–Crippen MR) is 97.7 cm³/mol. The molecule has 4 heteroatoms. The molecule has 1 amide bonds. The van der Waals surface area contributed by atoms with Crippen LogP contribution in [0, 0.1) is 5.92 Å². The van der Waals surface area contributed by atoms with Crippen molar-refractivity contribution in [3.8, 4) is 0 Å². The molecule has 1 aromatic heterocycles. The summed E-state index contributed by atoms with van der Waals surface area (Å²) in [6, 6.07) is 14.7. The topological polar surface area (TPSA) is 45.2 Å². The molecule has 2 heterocycles. The number of carbonyl (C=O) groups excluding carboxylic acids is 1.